The van der Waals surface area contributed by atoms with Gasteiger partial charge in [0, 0.05) is 17.3 Å². The number of aromatic nitrogens is 1. The van der Waals surface area contributed by atoms with Crippen LogP contribution in [0.3, 0.4) is 0 Å². The molecule has 1 heterocycles. The van der Waals surface area contributed by atoms with Crippen molar-refractivity contribution in [3.05, 3.63) is 72.2 Å². The molecule has 4 rings (SSSR count). The Morgan fingerprint density at radius 3 is 2.59 bits per heavy atom. The molecule has 3 aromatic carbocycles. The van der Waals surface area contributed by atoms with Crippen molar-refractivity contribution in [1.29, 1.82) is 0 Å². The number of aromatic amines is 1. The summed E-state index contributed by atoms with van der Waals surface area (Å²) in [7, 11) is 0. The highest BCUT2D eigenvalue weighted by Gasteiger charge is 2.08. The van der Waals surface area contributed by atoms with E-state index in [1.165, 1.54) is 0 Å². The van der Waals surface area contributed by atoms with Crippen LogP contribution >= 0.6 is 0 Å². The minimum atomic E-state index is 0.272. The monoisotopic (exact) mass is 284 g/mol. The molecule has 0 saturated carbocycles. The summed E-state index contributed by atoms with van der Waals surface area (Å²) in [5.74, 6) is 0.272. The summed E-state index contributed by atoms with van der Waals surface area (Å²) in [6, 6.07) is 17.2. The third kappa shape index (κ3) is 1.90. The number of phenolic OH excluding ortho intramolecular Hbond substituents is 1. The third-order valence-corrected chi connectivity index (χ3v) is 3.93. The summed E-state index contributed by atoms with van der Waals surface area (Å²) >= 11 is 0. The maximum Gasteiger partial charge on any atom is 0.188 e. The molecule has 4 aromatic rings. The zero-order chi connectivity index (χ0) is 15.1. The van der Waals surface area contributed by atoms with E-state index < -0.39 is 0 Å². The second-order valence-electron chi connectivity index (χ2n) is 5.29. The molecule has 0 aliphatic rings. The average molecular weight is 284 g/mol. The van der Waals surface area contributed by atoms with Gasteiger partial charge < -0.3 is 10.1 Å². The molecule has 0 aliphatic carbocycles. The van der Waals surface area contributed by atoms with Crippen molar-refractivity contribution in [2.24, 2.45) is 0 Å². The second kappa shape index (κ2) is 4.64. The molecule has 0 saturated heterocycles. The summed E-state index contributed by atoms with van der Waals surface area (Å²) in [4.78, 5) is 6.76. The summed E-state index contributed by atoms with van der Waals surface area (Å²) in [6.07, 6.45) is 1.97. The van der Waals surface area contributed by atoms with Gasteiger partial charge in [-0.25, -0.2) is 4.85 Å². The van der Waals surface area contributed by atoms with Gasteiger partial charge in [0.1, 0.15) is 5.75 Å². The topological polar surface area (TPSA) is 40.4 Å². The molecule has 0 amide bonds. The number of benzene rings is 3. The Bertz CT molecular complexity index is 1050. The van der Waals surface area contributed by atoms with E-state index in [0.717, 1.165) is 32.8 Å². The average Bonchev–Trinajstić information content (AvgIpc) is 2.97. The Labute approximate surface area is 127 Å². The first-order valence-corrected chi connectivity index (χ1v) is 6.96. The van der Waals surface area contributed by atoms with Crippen LogP contribution in [0.2, 0.25) is 0 Å². The van der Waals surface area contributed by atoms with Crippen LogP contribution in [0.4, 0.5) is 5.69 Å². The van der Waals surface area contributed by atoms with Crippen LogP contribution in [0, 0.1) is 6.57 Å². The van der Waals surface area contributed by atoms with Gasteiger partial charge in [0.15, 0.2) is 5.69 Å². The third-order valence-electron chi connectivity index (χ3n) is 3.93. The number of nitrogens with one attached hydrogen (secondary N) is 1. The van der Waals surface area contributed by atoms with E-state index >= 15 is 0 Å². The predicted molar refractivity (Wildman–Crippen MR) is 89.2 cm³/mol. The highest BCUT2D eigenvalue weighted by Crippen LogP contribution is 2.33. The van der Waals surface area contributed by atoms with Crippen molar-refractivity contribution in [2.45, 2.75) is 0 Å². The fourth-order valence-corrected chi connectivity index (χ4v) is 2.82. The molecule has 0 aliphatic heterocycles. The van der Waals surface area contributed by atoms with E-state index in [1.807, 2.05) is 42.6 Å². The molecule has 104 valence electrons. The zero-order valence-electron chi connectivity index (χ0n) is 11.7. The number of aromatic hydroxyl groups is 1. The molecule has 0 spiro atoms. The number of rotatable bonds is 1. The minimum Gasteiger partial charge on any atom is -0.508 e. The Hall–Kier alpha value is -3.25. The Morgan fingerprint density at radius 1 is 0.909 bits per heavy atom. The smallest absolute Gasteiger partial charge is 0.188 e. The van der Waals surface area contributed by atoms with Crippen LogP contribution in [0.15, 0.2) is 60.8 Å². The Kier molecular flexibility index (Phi) is 2.64. The lowest BCUT2D eigenvalue weighted by Gasteiger charge is -2.04. The summed E-state index contributed by atoms with van der Waals surface area (Å²) in [6.45, 7) is 7.17. The van der Waals surface area contributed by atoms with E-state index in [1.54, 1.807) is 12.1 Å². The lowest BCUT2D eigenvalue weighted by atomic mass is 10.0. The normalized spacial score (nSPS) is 10.9. The molecule has 0 fully saturated rings. The van der Waals surface area contributed by atoms with Crippen LogP contribution in [0.5, 0.6) is 5.75 Å². The maximum absolute atomic E-state index is 9.55. The van der Waals surface area contributed by atoms with Gasteiger partial charge in [-0.15, -0.1) is 0 Å². The van der Waals surface area contributed by atoms with Crippen molar-refractivity contribution in [2.75, 3.05) is 0 Å². The van der Waals surface area contributed by atoms with E-state index in [4.69, 9.17) is 6.57 Å². The summed E-state index contributed by atoms with van der Waals surface area (Å²) in [5.41, 5.74) is 3.83. The van der Waals surface area contributed by atoms with E-state index in [9.17, 15) is 5.11 Å². The standard InChI is InChI=1S/C19H12N2O/c1-20-15-5-7-19-17(10-15)18(11-21-19)14-3-2-13-9-16(22)6-4-12(13)8-14/h2-11,21-22H. The molecular formula is C19H12N2O. The first-order chi connectivity index (χ1) is 10.7. The number of hydrogen-bond donors (Lipinski definition) is 2. The number of nitrogens with zero attached hydrogens (tertiary/aromatic N) is 1. The molecule has 0 unspecified atom stereocenters. The molecular weight excluding hydrogens is 272 g/mol. The second-order valence-corrected chi connectivity index (χ2v) is 5.29. The highest BCUT2D eigenvalue weighted by molar-refractivity contribution is 5.99. The van der Waals surface area contributed by atoms with E-state index in [0.29, 0.717) is 5.69 Å². The molecule has 1 aromatic heterocycles. The molecule has 3 nitrogen and oxygen atoms in total. The minimum absolute atomic E-state index is 0.272. The fraction of sp³-hybridized carbons (Fsp3) is 0. The largest absolute Gasteiger partial charge is 0.508 e. The Morgan fingerprint density at radius 2 is 1.73 bits per heavy atom. The van der Waals surface area contributed by atoms with Crippen molar-refractivity contribution in [3.63, 3.8) is 0 Å². The molecule has 0 atom stereocenters. The first kappa shape index (κ1) is 12.5. The van der Waals surface area contributed by atoms with Crippen LogP contribution in [-0.2, 0) is 0 Å². The molecule has 22 heavy (non-hydrogen) atoms. The maximum atomic E-state index is 9.55. The summed E-state index contributed by atoms with van der Waals surface area (Å²) in [5, 5.41) is 12.7. The zero-order valence-corrected chi connectivity index (χ0v) is 11.7. The van der Waals surface area contributed by atoms with Crippen molar-refractivity contribution < 1.29 is 5.11 Å². The molecule has 0 bridgehead atoms. The van der Waals surface area contributed by atoms with Gasteiger partial charge in [0.2, 0.25) is 0 Å². The van der Waals surface area contributed by atoms with Crippen LogP contribution in [0.25, 0.3) is 37.6 Å². The van der Waals surface area contributed by atoms with Crippen LogP contribution < -0.4 is 0 Å². The number of fused-ring (bicyclic) bond motifs is 2. The van der Waals surface area contributed by atoms with Crippen LogP contribution in [-0.4, -0.2) is 10.1 Å². The van der Waals surface area contributed by atoms with Gasteiger partial charge in [0.05, 0.1) is 6.57 Å². The van der Waals surface area contributed by atoms with Gasteiger partial charge in [-0.3, -0.25) is 0 Å². The number of H-pyrrole nitrogens is 1. The molecule has 3 heteroatoms. The predicted octanol–water partition coefficient (Wildman–Crippen LogP) is 5.24. The van der Waals surface area contributed by atoms with Crippen molar-refractivity contribution in [3.8, 4) is 16.9 Å². The summed E-state index contributed by atoms with van der Waals surface area (Å²) < 4.78 is 0. The van der Waals surface area contributed by atoms with Gasteiger partial charge in [-0.1, -0.05) is 24.3 Å². The van der Waals surface area contributed by atoms with Gasteiger partial charge in [-0.2, -0.15) is 0 Å². The number of phenols is 1. The van der Waals surface area contributed by atoms with Gasteiger partial charge in [0.25, 0.3) is 0 Å². The van der Waals surface area contributed by atoms with Crippen LogP contribution in [0.1, 0.15) is 0 Å². The van der Waals surface area contributed by atoms with Gasteiger partial charge in [-0.05, 0) is 52.1 Å². The van der Waals surface area contributed by atoms with Crippen molar-refractivity contribution >= 4 is 27.4 Å². The lowest BCUT2D eigenvalue weighted by Crippen LogP contribution is -1.78. The van der Waals surface area contributed by atoms with E-state index in [2.05, 4.69) is 15.9 Å². The molecule has 0 radical (unpaired) electrons. The highest BCUT2D eigenvalue weighted by atomic mass is 16.3. The SMILES string of the molecule is [C-]#[N+]c1ccc2[nH]cc(-c3ccc4cc(O)ccc4c3)c2c1. The lowest BCUT2D eigenvalue weighted by molar-refractivity contribution is 0.476. The Balaban J connectivity index is 1.95. The fourth-order valence-electron chi connectivity index (χ4n) is 2.82. The quantitative estimate of drug-likeness (QED) is 0.461. The van der Waals surface area contributed by atoms with Crippen molar-refractivity contribution in [1.82, 2.24) is 4.98 Å². The van der Waals surface area contributed by atoms with Gasteiger partial charge >= 0.3 is 0 Å². The van der Waals surface area contributed by atoms with E-state index in [-0.39, 0.29) is 5.75 Å². The first-order valence-electron chi connectivity index (χ1n) is 6.96. The molecule has 2 N–H and O–H groups in total. The number of hydrogen-bond acceptors (Lipinski definition) is 1.